The summed E-state index contributed by atoms with van der Waals surface area (Å²) in [6.07, 6.45) is 10.8. The van der Waals surface area contributed by atoms with E-state index in [2.05, 4.69) is 21.7 Å². The third-order valence-electron chi connectivity index (χ3n) is 4.78. The summed E-state index contributed by atoms with van der Waals surface area (Å²) >= 11 is 2.10. The lowest BCUT2D eigenvalue weighted by Crippen LogP contribution is -2.58. The Kier molecular flexibility index (Phi) is 3.73. The lowest BCUT2D eigenvalue weighted by molar-refractivity contribution is 0.143. The molecule has 3 nitrogen and oxygen atoms in total. The first-order valence-electron chi connectivity index (χ1n) is 7.49. The SMILES string of the molecule is NC1=NCC2(CCCSC2)N1C1CCCCCC1. The first-order valence-corrected chi connectivity index (χ1v) is 8.64. The van der Waals surface area contributed by atoms with E-state index in [1.807, 2.05) is 0 Å². The van der Waals surface area contributed by atoms with Crippen LogP contribution in [-0.4, -0.2) is 40.5 Å². The van der Waals surface area contributed by atoms with Crippen LogP contribution < -0.4 is 5.73 Å². The van der Waals surface area contributed by atoms with E-state index in [1.165, 1.54) is 62.9 Å². The van der Waals surface area contributed by atoms with E-state index < -0.39 is 0 Å². The molecule has 0 bridgehead atoms. The van der Waals surface area contributed by atoms with Crippen LogP contribution in [0.3, 0.4) is 0 Å². The van der Waals surface area contributed by atoms with E-state index in [1.54, 1.807) is 0 Å². The van der Waals surface area contributed by atoms with Gasteiger partial charge in [0.05, 0.1) is 12.1 Å². The summed E-state index contributed by atoms with van der Waals surface area (Å²) < 4.78 is 0. The van der Waals surface area contributed by atoms with E-state index in [0.29, 0.717) is 6.04 Å². The first kappa shape index (κ1) is 12.6. The molecule has 1 saturated carbocycles. The van der Waals surface area contributed by atoms with Gasteiger partial charge < -0.3 is 10.6 Å². The van der Waals surface area contributed by atoms with Crippen molar-refractivity contribution in [2.75, 3.05) is 18.1 Å². The summed E-state index contributed by atoms with van der Waals surface area (Å²) in [4.78, 5) is 7.15. The van der Waals surface area contributed by atoms with Gasteiger partial charge in [0.15, 0.2) is 5.96 Å². The van der Waals surface area contributed by atoms with Crippen LogP contribution in [-0.2, 0) is 0 Å². The van der Waals surface area contributed by atoms with E-state index in [4.69, 9.17) is 5.73 Å². The molecule has 1 atom stereocenters. The monoisotopic (exact) mass is 267 g/mol. The van der Waals surface area contributed by atoms with Crippen molar-refractivity contribution in [3.63, 3.8) is 0 Å². The zero-order valence-electron chi connectivity index (χ0n) is 11.2. The Morgan fingerprint density at radius 1 is 1.17 bits per heavy atom. The van der Waals surface area contributed by atoms with Crippen LogP contribution in [0.1, 0.15) is 51.4 Å². The molecule has 1 spiro atoms. The minimum absolute atomic E-state index is 0.280. The Balaban J connectivity index is 1.79. The summed E-state index contributed by atoms with van der Waals surface area (Å²) in [7, 11) is 0. The topological polar surface area (TPSA) is 41.6 Å². The Bertz CT molecular complexity index is 315. The molecule has 0 amide bonds. The van der Waals surface area contributed by atoms with Gasteiger partial charge in [-0.05, 0) is 31.4 Å². The summed E-state index contributed by atoms with van der Waals surface area (Å²) in [6, 6.07) is 0.664. The molecule has 3 rings (SSSR count). The van der Waals surface area contributed by atoms with Gasteiger partial charge in [-0.2, -0.15) is 11.8 Å². The van der Waals surface area contributed by atoms with Crippen LogP contribution in [0.5, 0.6) is 0 Å². The molecule has 18 heavy (non-hydrogen) atoms. The van der Waals surface area contributed by atoms with Gasteiger partial charge in [0.25, 0.3) is 0 Å². The van der Waals surface area contributed by atoms with E-state index in [9.17, 15) is 0 Å². The van der Waals surface area contributed by atoms with E-state index in [-0.39, 0.29) is 5.54 Å². The largest absolute Gasteiger partial charge is 0.370 e. The summed E-state index contributed by atoms with van der Waals surface area (Å²) in [6.45, 7) is 0.947. The number of guanidine groups is 1. The Morgan fingerprint density at radius 3 is 2.61 bits per heavy atom. The van der Waals surface area contributed by atoms with Crippen molar-refractivity contribution in [1.82, 2.24) is 4.90 Å². The fraction of sp³-hybridized carbons (Fsp3) is 0.929. The van der Waals surface area contributed by atoms with Crippen molar-refractivity contribution in [2.24, 2.45) is 10.7 Å². The molecular formula is C14H25N3S. The molecule has 2 heterocycles. The molecule has 2 N–H and O–H groups in total. The quantitative estimate of drug-likeness (QED) is 0.743. The Labute approximate surface area is 115 Å². The molecule has 0 aromatic carbocycles. The van der Waals surface area contributed by atoms with Crippen LogP contribution >= 0.6 is 11.8 Å². The molecule has 102 valence electrons. The number of nitrogens with two attached hydrogens (primary N) is 1. The average molecular weight is 267 g/mol. The number of nitrogens with zero attached hydrogens (tertiary/aromatic N) is 2. The van der Waals surface area contributed by atoms with Crippen LogP contribution in [0.25, 0.3) is 0 Å². The van der Waals surface area contributed by atoms with Gasteiger partial charge in [0.2, 0.25) is 0 Å². The maximum Gasteiger partial charge on any atom is 0.192 e. The number of hydrogen-bond donors (Lipinski definition) is 1. The lowest BCUT2D eigenvalue weighted by atomic mass is 9.91. The maximum absolute atomic E-state index is 6.23. The van der Waals surface area contributed by atoms with E-state index in [0.717, 1.165) is 12.5 Å². The summed E-state index contributed by atoms with van der Waals surface area (Å²) in [5.74, 6) is 3.39. The van der Waals surface area contributed by atoms with Crippen molar-refractivity contribution in [1.29, 1.82) is 0 Å². The second-order valence-electron chi connectivity index (χ2n) is 6.07. The van der Waals surface area contributed by atoms with Gasteiger partial charge >= 0.3 is 0 Å². The Hall–Kier alpha value is -0.380. The highest BCUT2D eigenvalue weighted by Gasteiger charge is 2.46. The number of aliphatic imine (C=N–C) groups is 1. The van der Waals surface area contributed by atoms with Gasteiger partial charge in [-0.3, -0.25) is 4.99 Å². The van der Waals surface area contributed by atoms with Gasteiger partial charge in [0, 0.05) is 11.8 Å². The third kappa shape index (κ3) is 2.24. The predicted octanol–water partition coefficient (Wildman–Crippen LogP) is 2.61. The molecule has 1 unspecified atom stereocenters. The van der Waals surface area contributed by atoms with Crippen molar-refractivity contribution in [2.45, 2.75) is 62.9 Å². The molecule has 0 radical (unpaired) electrons. The minimum Gasteiger partial charge on any atom is -0.370 e. The fourth-order valence-corrected chi connectivity index (χ4v) is 5.11. The van der Waals surface area contributed by atoms with Gasteiger partial charge in [-0.15, -0.1) is 0 Å². The molecule has 4 heteroatoms. The van der Waals surface area contributed by atoms with Crippen LogP contribution in [0, 0.1) is 0 Å². The molecule has 2 fully saturated rings. The van der Waals surface area contributed by atoms with Crippen molar-refractivity contribution < 1.29 is 0 Å². The Morgan fingerprint density at radius 2 is 1.94 bits per heavy atom. The normalized spacial score (nSPS) is 34.7. The predicted molar refractivity (Wildman–Crippen MR) is 79.1 cm³/mol. The summed E-state index contributed by atoms with van der Waals surface area (Å²) in [5, 5.41) is 0. The molecule has 0 aromatic rings. The first-order chi connectivity index (χ1) is 8.82. The molecule has 2 aliphatic heterocycles. The zero-order chi connectivity index (χ0) is 12.4. The standard InChI is InChI=1S/C14H25N3S/c15-13-16-10-14(8-5-9-18-11-14)17(13)12-6-3-1-2-4-7-12/h12H,1-11H2,(H2,15,16). The average Bonchev–Trinajstić information content (AvgIpc) is 2.61. The molecule has 1 aliphatic carbocycles. The minimum atomic E-state index is 0.280. The fourth-order valence-electron chi connectivity index (χ4n) is 3.87. The second kappa shape index (κ2) is 5.32. The third-order valence-corrected chi connectivity index (χ3v) is 6.10. The smallest absolute Gasteiger partial charge is 0.192 e. The lowest BCUT2D eigenvalue weighted by Gasteiger charge is -2.46. The van der Waals surface area contributed by atoms with Crippen molar-refractivity contribution in [3.8, 4) is 0 Å². The second-order valence-corrected chi connectivity index (χ2v) is 7.18. The number of hydrogen-bond acceptors (Lipinski definition) is 4. The van der Waals surface area contributed by atoms with Crippen LogP contribution in [0.4, 0.5) is 0 Å². The van der Waals surface area contributed by atoms with Crippen LogP contribution in [0.2, 0.25) is 0 Å². The highest BCUT2D eigenvalue weighted by molar-refractivity contribution is 7.99. The molecule has 0 aromatic heterocycles. The summed E-state index contributed by atoms with van der Waals surface area (Å²) in [5.41, 5.74) is 6.51. The number of thioether (sulfide) groups is 1. The van der Waals surface area contributed by atoms with Gasteiger partial charge in [-0.1, -0.05) is 25.7 Å². The molecular weight excluding hydrogens is 242 g/mol. The van der Waals surface area contributed by atoms with Crippen molar-refractivity contribution >= 4 is 17.7 Å². The maximum atomic E-state index is 6.23. The van der Waals surface area contributed by atoms with Gasteiger partial charge in [-0.25, -0.2) is 0 Å². The zero-order valence-corrected chi connectivity index (χ0v) is 12.1. The molecule has 1 saturated heterocycles. The van der Waals surface area contributed by atoms with Gasteiger partial charge in [0.1, 0.15) is 0 Å². The highest BCUT2D eigenvalue weighted by Crippen LogP contribution is 2.39. The van der Waals surface area contributed by atoms with Crippen LogP contribution in [0.15, 0.2) is 4.99 Å². The van der Waals surface area contributed by atoms with Crippen molar-refractivity contribution in [3.05, 3.63) is 0 Å². The van der Waals surface area contributed by atoms with E-state index >= 15 is 0 Å². The number of rotatable bonds is 1. The highest BCUT2D eigenvalue weighted by atomic mass is 32.2. The molecule has 3 aliphatic rings.